The number of hydrogen-bond donors (Lipinski definition) is 2. The van der Waals surface area contributed by atoms with Gasteiger partial charge in [-0.1, -0.05) is 54.1 Å². The summed E-state index contributed by atoms with van der Waals surface area (Å²) in [5.74, 6) is -0.0983. The second-order valence-electron chi connectivity index (χ2n) is 6.78. The van der Waals surface area contributed by atoms with Gasteiger partial charge in [0.25, 0.3) is 0 Å². The lowest BCUT2D eigenvalue weighted by atomic mass is 10.1. The van der Waals surface area contributed by atoms with Crippen LogP contribution in [0.2, 0.25) is 0 Å². The molecule has 5 nitrogen and oxygen atoms in total. The Labute approximate surface area is 164 Å². The van der Waals surface area contributed by atoms with E-state index in [4.69, 9.17) is 0 Å². The monoisotopic (exact) mass is 370 g/mol. The quantitative estimate of drug-likeness (QED) is 0.537. The SMILES string of the molecule is Cc1ccc(NC(=O)[C@@H](NCc2cn3ccccc3n2)c2ccccc2)cc1. The Morgan fingerprint density at radius 1 is 1.00 bits per heavy atom. The maximum atomic E-state index is 13.0. The standard InChI is InChI=1S/C23H22N4O/c1-17-10-12-19(13-11-17)26-23(28)22(18-7-3-2-4-8-18)24-15-20-16-27-14-6-5-9-21(27)25-20/h2-14,16,22,24H,15H2,1H3,(H,26,28)/t22-/m0/s1. The van der Waals surface area contributed by atoms with Crippen LogP contribution in [0.3, 0.4) is 0 Å². The van der Waals surface area contributed by atoms with Gasteiger partial charge in [0, 0.05) is 24.6 Å². The molecule has 0 spiro atoms. The smallest absolute Gasteiger partial charge is 0.246 e. The number of benzene rings is 2. The molecular weight excluding hydrogens is 348 g/mol. The molecule has 1 atom stereocenters. The van der Waals surface area contributed by atoms with Crippen LogP contribution in [0.1, 0.15) is 22.9 Å². The number of amides is 1. The maximum absolute atomic E-state index is 13.0. The van der Waals surface area contributed by atoms with Crippen molar-refractivity contribution in [2.45, 2.75) is 19.5 Å². The van der Waals surface area contributed by atoms with Crippen LogP contribution in [0.15, 0.2) is 85.2 Å². The van der Waals surface area contributed by atoms with E-state index < -0.39 is 6.04 Å². The van der Waals surface area contributed by atoms with Gasteiger partial charge < -0.3 is 9.72 Å². The highest BCUT2D eigenvalue weighted by atomic mass is 16.2. The molecule has 0 aliphatic heterocycles. The van der Waals surface area contributed by atoms with Gasteiger partial charge in [0.15, 0.2) is 0 Å². The lowest BCUT2D eigenvalue weighted by molar-refractivity contribution is -0.118. The van der Waals surface area contributed by atoms with Crippen LogP contribution in [-0.2, 0) is 11.3 Å². The number of nitrogens with zero attached hydrogens (tertiary/aromatic N) is 2. The van der Waals surface area contributed by atoms with Crippen LogP contribution in [0.5, 0.6) is 0 Å². The first kappa shape index (κ1) is 17.9. The fourth-order valence-corrected chi connectivity index (χ4v) is 3.14. The van der Waals surface area contributed by atoms with Crippen LogP contribution in [0.4, 0.5) is 5.69 Å². The molecule has 0 saturated carbocycles. The van der Waals surface area contributed by atoms with Gasteiger partial charge >= 0.3 is 0 Å². The van der Waals surface area contributed by atoms with Crippen molar-refractivity contribution < 1.29 is 4.79 Å². The number of carbonyl (C=O) groups is 1. The van der Waals surface area contributed by atoms with Gasteiger partial charge in [-0.15, -0.1) is 0 Å². The van der Waals surface area contributed by atoms with Crippen LogP contribution in [0, 0.1) is 6.92 Å². The molecule has 4 rings (SSSR count). The third-order valence-electron chi connectivity index (χ3n) is 4.62. The minimum atomic E-state index is -0.479. The average molecular weight is 370 g/mol. The molecule has 2 heterocycles. The first-order valence-corrected chi connectivity index (χ1v) is 9.27. The third kappa shape index (κ3) is 4.10. The van der Waals surface area contributed by atoms with E-state index in [1.54, 1.807) is 0 Å². The molecule has 2 N–H and O–H groups in total. The highest BCUT2D eigenvalue weighted by Crippen LogP contribution is 2.17. The van der Waals surface area contributed by atoms with Gasteiger partial charge in [0.05, 0.1) is 5.69 Å². The molecule has 2 aromatic heterocycles. The van der Waals surface area contributed by atoms with Gasteiger partial charge in [0.2, 0.25) is 5.91 Å². The predicted octanol–water partition coefficient (Wildman–Crippen LogP) is 4.11. The number of nitrogens with one attached hydrogen (secondary N) is 2. The maximum Gasteiger partial charge on any atom is 0.246 e. The van der Waals surface area contributed by atoms with E-state index in [1.807, 2.05) is 96.5 Å². The van der Waals surface area contributed by atoms with Crippen LogP contribution >= 0.6 is 0 Å². The van der Waals surface area contributed by atoms with E-state index in [1.165, 1.54) is 0 Å². The van der Waals surface area contributed by atoms with E-state index in [-0.39, 0.29) is 5.91 Å². The third-order valence-corrected chi connectivity index (χ3v) is 4.62. The lowest BCUT2D eigenvalue weighted by Gasteiger charge is -2.18. The van der Waals surface area contributed by atoms with Gasteiger partial charge in [-0.25, -0.2) is 4.98 Å². The Bertz CT molecular complexity index is 1040. The predicted molar refractivity (Wildman–Crippen MR) is 111 cm³/mol. The number of pyridine rings is 1. The van der Waals surface area contributed by atoms with Gasteiger partial charge in [-0.3, -0.25) is 10.1 Å². The zero-order valence-corrected chi connectivity index (χ0v) is 15.7. The van der Waals surface area contributed by atoms with Crippen molar-refractivity contribution >= 4 is 17.2 Å². The molecule has 2 aromatic carbocycles. The summed E-state index contributed by atoms with van der Waals surface area (Å²) in [6.45, 7) is 2.51. The van der Waals surface area contributed by atoms with E-state index in [9.17, 15) is 4.79 Å². The number of fused-ring (bicyclic) bond motifs is 1. The molecule has 0 bridgehead atoms. The molecule has 4 aromatic rings. The molecule has 140 valence electrons. The molecule has 0 radical (unpaired) electrons. The number of imidazole rings is 1. The zero-order chi connectivity index (χ0) is 19.3. The minimum absolute atomic E-state index is 0.0983. The van der Waals surface area contributed by atoms with Crippen molar-refractivity contribution in [2.24, 2.45) is 0 Å². The summed E-state index contributed by atoms with van der Waals surface area (Å²) in [6, 6.07) is 22.9. The molecule has 5 heteroatoms. The highest BCUT2D eigenvalue weighted by Gasteiger charge is 2.20. The van der Waals surface area contributed by atoms with Crippen molar-refractivity contribution in [3.63, 3.8) is 0 Å². The number of hydrogen-bond acceptors (Lipinski definition) is 3. The summed E-state index contributed by atoms with van der Waals surface area (Å²) < 4.78 is 1.97. The topological polar surface area (TPSA) is 58.4 Å². The van der Waals surface area contributed by atoms with Gasteiger partial charge in [-0.2, -0.15) is 0 Å². The number of aryl methyl sites for hydroxylation is 1. The Morgan fingerprint density at radius 3 is 2.50 bits per heavy atom. The Morgan fingerprint density at radius 2 is 1.75 bits per heavy atom. The van der Waals surface area contributed by atoms with E-state index >= 15 is 0 Å². The normalized spacial score (nSPS) is 12.0. The van der Waals surface area contributed by atoms with Crippen molar-refractivity contribution in [2.75, 3.05) is 5.32 Å². The Balaban J connectivity index is 1.53. The van der Waals surface area contributed by atoms with E-state index in [0.29, 0.717) is 6.54 Å². The molecular formula is C23H22N4O. The summed E-state index contributed by atoms with van der Waals surface area (Å²) in [5.41, 5.74) is 4.62. The molecule has 1 amide bonds. The lowest BCUT2D eigenvalue weighted by Crippen LogP contribution is -2.32. The zero-order valence-electron chi connectivity index (χ0n) is 15.7. The summed E-state index contributed by atoms with van der Waals surface area (Å²) in [5, 5.41) is 6.36. The van der Waals surface area contributed by atoms with Gasteiger partial charge in [0.1, 0.15) is 11.7 Å². The molecule has 0 unspecified atom stereocenters. The molecule has 0 saturated heterocycles. The van der Waals surface area contributed by atoms with Crippen LogP contribution in [0.25, 0.3) is 5.65 Å². The van der Waals surface area contributed by atoms with E-state index in [0.717, 1.165) is 28.2 Å². The number of aromatic nitrogens is 2. The number of anilines is 1. The first-order chi connectivity index (χ1) is 13.7. The number of rotatable bonds is 6. The summed E-state index contributed by atoms with van der Waals surface area (Å²) in [4.78, 5) is 17.6. The molecule has 0 fully saturated rings. The van der Waals surface area contributed by atoms with Crippen molar-refractivity contribution in [1.29, 1.82) is 0 Å². The second kappa shape index (κ2) is 8.06. The van der Waals surface area contributed by atoms with Gasteiger partial charge in [-0.05, 0) is 36.8 Å². The van der Waals surface area contributed by atoms with Crippen molar-refractivity contribution in [1.82, 2.24) is 14.7 Å². The Kier molecular flexibility index (Phi) is 5.17. The Hall–Kier alpha value is -3.44. The fourth-order valence-electron chi connectivity index (χ4n) is 3.14. The molecule has 0 aliphatic carbocycles. The first-order valence-electron chi connectivity index (χ1n) is 9.27. The van der Waals surface area contributed by atoms with Crippen LogP contribution in [-0.4, -0.2) is 15.3 Å². The van der Waals surface area contributed by atoms with Crippen LogP contribution < -0.4 is 10.6 Å². The average Bonchev–Trinajstić information content (AvgIpc) is 3.13. The summed E-state index contributed by atoms with van der Waals surface area (Å²) >= 11 is 0. The number of carbonyl (C=O) groups excluding carboxylic acids is 1. The minimum Gasteiger partial charge on any atom is -0.324 e. The highest BCUT2D eigenvalue weighted by molar-refractivity contribution is 5.95. The largest absolute Gasteiger partial charge is 0.324 e. The van der Waals surface area contributed by atoms with E-state index in [2.05, 4.69) is 15.6 Å². The summed E-state index contributed by atoms with van der Waals surface area (Å²) in [7, 11) is 0. The fraction of sp³-hybridized carbons (Fsp3) is 0.130. The summed E-state index contributed by atoms with van der Waals surface area (Å²) in [6.07, 6.45) is 3.94. The molecule has 28 heavy (non-hydrogen) atoms. The molecule has 0 aliphatic rings. The van der Waals surface area contributed by atoms with Crippen molar-refractivity contribution in [3.05, 3.63) is 102 Å². The van der Waals surface area contributed by atoms with Crippen molar-refractivity contribution in [3.8, 4) is 0 Å². The second-order valence-corrected chi connectivity index (χ2v) is 6.78.